The second-order valence-electron chi connectivity index (χ2n) is 17.6. The number of hydrogen-bond donors (Lipinski definition) is 1. The molecule has 0 radical (unpaired) electrons. The maximum atomic E-state index is 15.0. The number of methoxy groups -OCH3 is 1. The van der Waals surface area contributed by atoms with Gasteiger partial charge in [0.1, 0.15) is 11.1 Å². The van der Waals surface area contributed by atoms with Crippen LogP contribution in [0, 0.1) is 23.6 Å². The van der Waals surface area contributed by atoms with Gasteiger partial charge in [-0.25, -0.2) is 26.4 Å². The van der Waals surface area contributed by atoms with Gasteiger partial charge in [0.05, 0.1) is 25.1 Å². The summed E-state index contributed by atoms with van der Waals surface area (Å²) in [5, 5.41) is 2.50. The molecule has 6 aliphatic rings. The van der Waals surface area contributed by atoms with Crippen LogP contribution in [0.15, 0.2) is 65.6 Å². The molecule has 0 aromatic heterocycles. The van der Waals surface area contributed by atoms with Crippen molar-refractivity contribution in [3.8, 4) is 0 Å². The van der Waals surface area contributed by atoms with Crippen LogP contribution in [0.1, 0.15) is 44.1 Å². The van der Waals surface area contributed by atoms with E-state index < -0.39 is 27.1 Å². The molecule has 0 spiro atoms. The predicted molar refractivity (Wildman–Crippen MR) is 215 cm³/mol. The Morgan fingerprint density at radius 2 is 1.64 bits per heavy atom. The number of alkyl carbamates (subject to hydrolysis) is 1. The van der Waals surface area contributed by atoms with E-state index in [0.29, 0.717) is 11.8 Å². The standard InChI is InChI=1S/C43H57F3N6O5S/c1-57-41(54)47-39-9-3-8-38(39)43(30-49-18-5-19-49,33-6-2-7-34(44)22-33)32-15-20-48(21-16-32)23-31-24-51(25-31)35-11-13-36(14-12-35)58(55,56)37-26-52(27-37)40(53)10-4-17-50-28-42(45,46)29-50/h2,4,6-7,10-14,22,31-32,37-39H,3,5,8-9,15-21,23-30H2,1H3,(H,47,54)/b10-4+/t38-,39-,43-/m0/s1. The zero-order valence-corrected chi connectivity index (χ0v) is 34.2. The fourth-order valence-corrected chi connectivity index (χ4v) is 12.3. The van der Waals surface area contributed by atoms with Crippen LogP contribution in [0.4, 0.5) is 23.7 Å². The molecule has 6 fully saturated rings. The monoisotopic (exact) mass is 826 g/mol. The lowest BCUT2D eigenvalue weighted by Gasteiger charge is -2.54. The summed E-state index contributed by atoms with van der Waals surface area (Å²) >= 11 is 0. The second-order valence-corrected chi connectivity index (χ2v) is 19.9. The number of nitrogens with one attached hydrogen (secondary N) is 1. The van der Waals surface area contributed by atoms with Crippen LogP contribution < -0.4 is 10.2 Å². The molecule has 2 aromatic carbocycles. The molecular formula is C43H57F3N6O5S. The van der Waals surface area contributed by atoms with Crippen molar-refractivity contribution in [1.82, 2.24) is 24.9 Å². The van der Waals surface area contributed by atoms with Crippen LogP contribution in [0.25, 0.3) is 0 Å². The SMILES string of the molecule is COC(=O)N[C@H]1CCC[C@@H]1[C@](CN1CCC1)(c1cccc(F)c1)C1CCN(CC2CN(c3ccc(S(=O)(=O)C4CN(C(=O)/C=C/CN5CC(F)(F)C5)C4)cc3)C2)CC1. The minimum absolute atomic E-state index is 0.0258. The lowest BCUT2D eigenvalue weighted by molar-refractivity contribution is -0.129. The summed E-state index contributed by atoms with van der Waals surface area (Å²) in [5.74, 6) is -2.17. The van der Waals surface area contributed by atoms with Crippen LogP contribution in [0.3, 0.4) is 0 Å². The summed E-state index contributed by atoms with van der Waals surface area (Å²) in [7, 11) is -2.20. The zero-order valence-electron chi connectivity index (χ0n) is 33.4. The number of anilines is 1. The molecule has 1 saturated carbocycles. The van der Waals surface area contributed by atoms with Gasteiger partial charge in [-0.05, 0) is 112 Å². The number of likely N-dealkylation sites (tertiary alicyclic amines) is 4. The Hall–Kier alpha value is -3.66. The first-order valence-electron chi connectivity index (χ1n) is 21.0. The van der Waals surface area contributed by atoms with E-state index >= 15 is 4.39 Å². The van der Waals surface area contributed by atoms with Crippen molar-refractivity contribution in [2.75, 3.05) is 97.1 Å². The molecule has 58 heavy (non-hydrogen) atoms. The van der Waals surface area contributed by atoms with E-state index in [1.165, 1.54) is 30.6 Å². The fraction of sp³-hybridized carbons (Fsp3) is 0.628. The van der Waals surface area contributed by atoms with Gasteiger partial charge in [0.2, 0.25) is 5.91 Å². The molecule has 1 aliphatic carbocycles. The first-order chi connectivity index (χ1) is 27.8. The number of hydrogen-bond acceptors (Lipinski definition) is 9. The van der Waals surface area contributed by atoms with Crippen LogP contribution in [0.5, 0.6) is 0 Å². The van der Waals surface area contributed by atoms with E-state index in [-0.39, 0.29) is 66.7 Å². The van der Waals surface area contributed by atoms with Crippen LogP contribution in [-0.4, -0.2) is 149 Å². The molecule has 316 valence electrons. The topological polar surface area (TPSA) is 106 Å². The number of carbonyl (C=O) groups is 2. The molecule has 0 unspecified atom stereocenters. The highest BCUT2D eigenvalue weighted by Gasteiger charge is 2.53. The first-order valence-corrected chi connectivity index (χ1v) is 22.6. The smallest absolute Gasteiger partial charge is 0.407 e. The normalized spacial score (nSPS) is 26.1. The fourth-order valence-electron chi connectivity index (χ4n) is 10.6. The van der Waals surface area contributed by atoms with Gasteiger partial charge in [-0.15, -0.1) is 0 Å². The van der Waals surface area contributed by atoms with Gasteiger partial charge < -0.3 is 29.7 Å². The number of carbonyl (C=O) groups excluding carboxylic acids is 2. The number of rotatable bonds is 14. The molecule has 2 amide bonds. The summed E-state index contributed by atoms with van der Waals surface area (Å²) in [5.41, 5.74) is 1.75. The molecular weight excluding hydrogens is 770 g/mol. The van der Waals surface area contributed by atoms with Crippen molar-refractivity contribution in [1.29, 1.82) is 0 Å². The van der Waals surface area contributed by atoms with Gasteiger partial charge >= 0.3 is 6.09 Å². The Balaban J connectivity index is 0.837. The van der Waals surface area contributed by atoms with Crippen molar-refractivity contribution < 1.29 is 35.9 Å². The molecule has 2 aromatic rings. The van der Waals surface area contributed by atoms with Crippen molar-refractivity contribution in [2.24, 2.45) is 17.8 Å². The Morgan fingerprint density at radius 3 is 2.28 bits per heavy atom. The molecule has 5 saturated heterocycles. The minimum atomic E-state index is -3.61. The Kier molecular flexibility index (Phi) is 11.9. The van der Waals surface area contributed by atoms with Gasteiger partial charge in [-0.1, -0.05) is 24.6 Å². The third kappa shape index (κ3) is 8.51. The van der Waals surface area contributed by atoms with Crippen molar-refractivity contribution >= 4 is 27.5 Å². The van der Waals surface area contributed by atoms with E-state index in [2.05, 4.69) is 26.1 Å². The molecule has 15 heteroatoms. The molecule has 5 heterocycles. The molecule has 0 bridgehead atoms. The Labute approximate surface area is 340 Å². The van der Waals surface area contributed by atoms with E-state index in [1.54, 1.807) is 29.2 Å². The lowest BCUT2D eigenvalue weighted by Crippen LogP contribution is -2.60. The third-order valence-corrected chi connectivity index (χ3v) is 16.0. The molecule has 3 atom stereocenters. The predicted octanol–water partition coefficient (Wildman–Crippen LogP) is 4.63. The molecule has 1 N–H and O–H groups in total. The highest BCUT2D eigenvalue weighted by molar-refractivity contribution is 7.92. The number of benzene rings is 2. The number of ether oxygens (including phenoxy) is 1. The third-order valence-electron chi connectivity index (χ3n) is 13.9. The van der Waals surface area contributed by atoms with Crippen molar-refractivity contribution in [2.45, 2.75) is 66.0 Å². The summed E-state index contributed by atoms with van der Waals surface area (Å²) in [4.78, 5) is 35.6. The summed E-state index contributed by atoms with van der Waals surface area (Å²) in [6.45, 7) is 7.53. The number of halogens is 3. The highest BCUT2D eigenvalue weighted by atomic mass is 32.2. The number of sulfone groups is 1. The number of piperidine rings is 1. The number of alkyl halides is 2. The summed E-state index contributed by atoms with van der Waals surface area (Å²) in [6.07, 6.45) is 8.56. The van der Waals surface area contributed by atoms with E-state index in [0.717, 1.165) is 95.7 Å². The Bertz CT molecular complexity index is 1920. The Morgan fingerprint density at radius 1 is 0.914 bits per heavy atom. The van der Waals surface area contributed by atoms with Crippen LogP contribution >= 0.6 is 0 Å². The van der Waals surface area contributed by atoms with Crippen molar-refractivity contribution in [3.63, 3.8) is 0 Å². The van der Waals surface area contributed by atoms with Gasteiger partial charge in [0.25, 0.3) is 5.92 Å². The largest absolute Gasteiger partial charge is 0.453 e. The molecule has 11 nitrogen and oxygen atoms in total. The second kappa shape index (κ2) is 16.8. The van der Waals surface area contributed by atoms with Gasteiger partial charge in [0.15, 0.2) is 9.84 Å². The quantitative estimate of drug-likeness (QED) is 0.273. The van der Waals surface area contributed by atoms with E-state index in [9.17, 15) is 26.8 Å². The van der Waals surface area contributed by atoms with Crippen LogP contribution in [-0.2, 0) is 24.8 Å². The van der Waals surface area contributed by atoms with Gasteiger partial charge in [0, 0.05) is 75.0 Å². The average molecular weight is 827 g/mol. The van der Waals surface area contributed by atoms with Gasteiger partial charge in [-0.3, -0.25) is 9.69 Å². The van der Waals surface area contributed by atoms with Gasteiger partial charge in [-0.2, -0.15) is 0 Å². The first kappa shape index (κ1) is 41.1. The summed E-state index contributed by atoms with van der Waals surface area (Å²) in [6, 6.07) is 14.3. The molecule has 5 aliphatic heterocycles. The zero-order chi connectivity index (χ0) is 40.7. The maximum Gasteiger partial charge on any atom is 0.407 e. The number of amides is 2. The average Bonchev–Trinajstić information content (AvgIpc) is 3.60. The van der Waals surface area contributed by atoms with E-state index in [4.69, 9.17) is 4.74 Å². The van der Waals surface area contributed by atoms with E-state index in [1.807, 2.05) is 18.2 Å². The lowest BCUT2D eigenvalue weighted by atomic mass is 9.57. The maximum absolute atomic E-state index is 15.0. The molecule has 8 rings (SSSR count). The van der Waals surface area contributed by atoms with Crippen molar-refractivity contribution in [3.05, 3.63) is 72.1 Å². The summed E-state index contributed by atoms with van der Waals surface area (Å²) < 4.78 is 72.7. The van der Waals surface area contributed by atoms with Crippen LogP contribution in [0.2, 0.25) is 0 Å². The number of nitrogens with zero attached hydrogens (tertiary/aromatic N) is 5. The minimum Gasteiger partial charge on any atom is -0.453 e. The highest BCUT2D eigenvalue weighted by Crippen LogP contribution is 2.51.